The molecule has 0 aliphatic rings. The zero-order valence-corrected chi connectivity index (χ0v) is 7.48. The van der Waals surface area contributed by atoms with Crippen LogP contribution in [0, 0.1) is 0 Å². The highest BCUT2D eigenvalue weighted by molar-refractivity contribution is 5.72. The summed E-state index contributed by atoms with van der Waals surface area (Å²) in [6.07, 6.45) is -9.27. The molecule has 14 heavy (non-hydrogen) atoms. The fourth-order valence-corrected chi connectivity index (χ4v) is 0.820. The van der Waals surface area contributed by atoms with Gasteiger partial charge in [-0.3, -0.25) is 0 Å². The first-order valence-corrected chi connectivity index (χ1v) is 3.92. The largest absolute Gasteiger partial charge is 0.479 e. The van der Waals surface area contributed by atoms with Crippen LogP contribution in [0.1, 0.15) is 6.92 Å². The maximum Gasteiger partial charge on any atom is 0.335 e. The van der Waals surface area contributed by atoms with E-state index in [4.69, 9.17) is 30.6 Å². The van der Waals surface area contributed by atoms with Crippen molar-refractivity contribution in [3.05, 3.63) is 0 Å². The second kappa shape index (κ2) is 5.23. The summed E-state index contributed by atoms with van der Waals surface area (Å²) in [5, 5.41) is 53.0. The molecule has 0 aromatic rings. The number of carboxylic acid groups (broad SMARTS) is 1. The first-order chi connectivity index (χ1) is 6.29. The van der Waals surface area contributed by atoms with Gasteiger partial charge in [-0.25, -0.2) is 4.79 Å². The van der Waals surface area contributed by atoms with Gasteiger partial charge < -0.3 is 30.6 Å². The van der Waals surface area contributed by atoms with E-state index in [1.807, 2.05) is 0 Å². The molecule has 0 radical (unpaired) electrons. The van der Waals surface area contributed by atoms with Gasteiger partial charge in [-0.2, -0.15) is 0 Å². The quantitative estimate of drug-likeness (QED) is 0.282. The Morgan fingerprint density at radius 2 is 1.36 bits per heavy atom. The van der Waals surface area contributed by atoms with Crippen LogP contribution in [0.25, 0.3) is 0 Å². The summed E-state index contributed by atoms with van der Waals surface area (Å²) < 4.78 is 0. The molecule has 5 atom stereocenters. The van der Waals surface area contributed by atoms with E-state index in [0.29, 0.717) is 0 Å². The van der Waals surface area contributed by atoms with Crippen LogP contribution >= 0.6 is 0 Å². The lowest BCUT2D eigenvalue weighted by molar-refractivity contribution is -0.167. The van der Waals surface area contributed by atoms with Crippen LogP contribution in [0.15, 0.2) is 0 Å². The number of hydrogen-bond acceptors (Lipinski definition) is 6. The van der Waals surface area contributed by atoms with E-state index in [-0.39, 0.29) is 0 Å². The first-order valence-electron chi connectivity index (χ1n) is 3.92. The second-order valence-electron chi connectivity index (χ2n) is 3.00. The van der Waals surface area contributed by atoms with Gasteiger partial charge in [0.15, 0.2) is 6.10 Å². The van der Waals surface area contributed by atoms with E-state index in [1.165, 1.54) is 0 Å². The fraction of sp³-hybridized carbons (Fsp3) is 0.857. The van der Waals surface area contributed by atoms with E-state index in [1.54, 1.807) is 0 Å². The van der Waals surface area contributed by atoms with Gasteiger partial charge >= 0.3 is 5.97 Å². The minimum atomic E-state index is -2.21. The molecule has 7 heteroatoms. The molecule has 0 aromatic carbocycles. The minimum absolute atomic E-state index is 1.15. The molecule has 0 saturated carbocycles. The van der Waals surface area contributed by atoms with Gasteiger partial charge in [-0.15, -0.1) is 0 Å². The Balaban J connectivity index is 4.37. The predicted octanol–water partition coefficient (Wildman–Crippen LogP) is -3.10. The molecule has 0 unspecified atom stereocenters. The Morgan fingerprint density at radius 1 is 0.929 bits per heavy atom. The highest BCUT2D eigenvalue weighted by Gasteiger charge is 2.35. The lowest BCUT2D eigenvalue weighted by atomic mass is 10.00. The van der Waals surface area contributed by atoms with Crippen molar-refractivity contribution in [1.29, 1.82) is 0 Å². The summed E-state index contributed by atoms with van der Waals surface area (Å²) in [4.78, 5) is 10.2. The van der Waals surface area contributed by atoms with Crippen molar-refractivity contribution >= 4 is 5.97 Å². The van der Waals surface area contributed by atoms with Crippen LogP contribution in [0.4, 0.5) is 0 Å². The number of carboxylic acids is 1. The van der Waals surface area contributed by atoms with Gasteiger partial charge in [0.05, 0.1) is 6.10 Å². The summed E-state index contributed by atoms with van der Waals surface area (Å²) in [5.41, 5.74) is 0. The topological polar surface area (TPSA) is 138 Å². The third kappa shape index (κ3) is 3.20. The smallest absolute Gasteiger partial charge is 0.335 e. The van der Waals surface area contributed by atoms with E-state index in [2.05, 4.69) is 0 Å². The molecule has 0 heterocycles. The molecule has 0 bridgehead atoms. The standard InChI is InChI=1S/C7H14O7/c1-2(8)3(9)4(10)5(11)6(12)7(13)14/h2-6,8-12H,1H3,(H,13,14)/t2-,3+,4-,5-,6-/m0/s1. The van der Waals surface area contributed by atoms with Crippen molar-refractivity contribution < 1.29 is 35.4 Å². The summed E-state index contributed by atoms with van der Waals surface area (Å²) >= 11 is 0. The molecule has 0 saturated heterocycles. The lowest BCUT2D eigenvalue weighted by Crippen LogP contribution is -2.50. The predicted molar refractivity (Wildman–Crippen MR) is 43.3 cm³/mol. The average Bonchev–Trinajstić information content (AvgIpc) is 2.12. The Bertz CT molecular complexity index is 192. The third-order valence-electron chi connectivity index (χ3n) is 1.77. The van der Waals surface area contributed by atoms with Crippen LogP contribution in [0.3, 0.4) is 0 Å². The lowest BCUT2D eigenvalue weighted by Gasteiger charge is -2.25. The highest BCUT2D eigenvalue weighted by Crippen LogP contribution is 2.08. The van der Waals surface area contributed by atoms with Crippen molar-refractivity contribution in [2.45, 2.75) is 37.4 Å². The minimum Gasteiger partial charge on any atom is -0.479 e. The highest BCUT2D eigenvalue weighted by atomic mass is 16.4. The summed E-state index contributed by atoms with van der Waals surface area (Å²) in [7, 11) is 0. The Hall–Kier alpha value is -0.730. The van der Waals surface area contributed by atoms with E-state index in [0.717, 1.165) is 6.92 Å². The van der Waals surface area contributed by atoms with Gasteiger partial charge in [-0.1, -0.05) is 0 Å². The summed E-state index contributed by atoms with van der Waals surface area (Å²) in [5.74, 6) is -1.73. The number of aliphatic hydroxyl groups excluding tert-OH is 5. The number of aliphatic hydroxyl groups is 5. The molecule has 0 aliphatic heterocycles. The number of hydrogen-bond donors (Lipinski definition) is 6. The second-order valence-corrected chi connectivity index (χ2v) is 3.00. The van der Waals surface area contributed by atoms with Crippen LogP contribution in [0.5, 0.6) is 0 Å². The molecular weight excluding hydrogens is 196 g/mol. The maximum atomic E-state index is 10.2. The van der Waals surface area contributed by atoms with Crippen molar-refractivity contribution in [2.24, 2.45) is 0 Å². The normalized spacial score (nSPS) is 22.1. The molecular formula is C7H14O7. The van der Waals surface area contributed by atoms with Crippen molar-refractivity contribution in [3.8, 4) is 0 Å². The molecule has 0 fully saturated rings. The third-order valence-corrected chi connectivity index (χ3v) is 1.77. The van der Waals surface area contributed by atoms with E-state index >= 15 is 0 Å². The van der Waals surface area contributed by atoms with Crippen LogP contribution < -0.4 is 0 Å². The Morgan fingerprint density at radius 3 is 1.64 bits per heavy atom. The molecule has 0 aliphatic carbocycles. The maximum absolute atomic E-state index is 10.2. The van der Waals surface area contributed by atoms with Gasteiger partial charge in [-0.05, 0) is 6.92 Å². The van der Waals surface area contributed by atoms with Crippen LogP contribution in [-0.2, 0) is 4.79 Å². The SMILES string of the molecule is C[C@H](O)[C@@H](O)[C@H](O)[C@H](O)[C@H](O)C(=O)O. The van der Waals surface area contributed by atoms with Gasteiger partial charge in [0.2, 0.25) is 0 Å². The molecule has 7 nitrogen and oxygen atoms in total. The van der Waals surface area contributed by atoms with Gasteiger partial charge in [0, 0.05) is 0 Å². The van der Waals surface area contributed by atoms with Crippen molar-refractivity contribution in [2.75, 3.05) is 0 Å². The van der Waals surface area contributed by atoms with Gasteiger partial charge in [0.1, 0.15) is 18.3 Å². The molecule has 0 amide bonds. The van der Waals surface area contributed by atoms with E-state index < -0.39 is 36.5 Å². The van der Waals surface area contributed by atoms with Gasteiger partial charge in [0.25, 0.3) is 0 Å². The zero-order valence-electron chi connectivity index (χ0n) is 7.48. The molecule has 0 rings (SSSR count). The molecule has 0 aromatic heterocycles. The average molecular weight is 210 g/mol. The monoisotopic (exact) mass is 210 g/mol. The number of rotatable bonds is 5. The molecule has 0 spiro atoms. The van der Waals surface area contributed by atoms with Crippen molar-refractivity contribution in [3.63, 3.8) is 0 Å². The molecule has 84 valence electrons. The number of aliphatic carboxylic acids is 1. The van der Waals surface area contributed by atoms with Crippen LogP contribution in [-0.4, -0.2) is 67.1 Å². The van der Waals surface area contributed by atoms with Crippen LogP contribution in [0.2, 0.25) is 0 Å². The Labute approximate surface area is 79.9 Å². The first kappa shape index (κ1) is 13.3. The van der Waals surface area contributed by atoms with E-state index in [9.17, 15) is 4.79 Å². The summed E-state index contributed by atoms with van der Waals surface area (Å²) in [6, 6.07) is 0. The zero-order chi connectivity index (χ0) is 11.5. The van der Waals surface area contributed by atoms with Crippen molar-refractivity contribution in [1.82, 2.24) is 0 Å². The Kier molecular flexibility index (Phi) is 4.95. The molecule has 6 N–H and O–H groups in total. The fourth-order valence-electron chi connectivity index (χ4n) is 0.820. The summed E-state index contributed by atoms with van der Waals surface area (Å²) in [6.45, 7) is 1.15. The number of carbonyl (C=O) groups is 1.